The summed E-state index contributed by atoms with van der Waals surface area (Å²) < 4.78 is 13.8. The highest BCUT2D eigenvalue weighted by atomic mass is 79.9. The molecule has 0 aliphatic carbocycles. The second-order valence-corrected chi connectivity index (χ2v) is 6.30. The van der Waals surface area contributed by atoms with Gasteiger partial charge in [-0.2, -0.15) is 0 Å². The highest BCUT2D eigenvalue weighted by molar-refractivity contribution is 9.10. The first-order chi connectivity index (χ1) is 10.4. The Morgan fingerprint density at radius 2 is 1.86 bits per heavy atom. The predicted octanol–water partition coefficient (Wildman–Crippen LogP) is 5.02. The molecule has 2 rings (SSSR count). The summed E-state index contributed by atoms with van der Waals surface area (Å²) in [7, 11) is 0. The fourth-order valence-electron chi connectivity index (χ4n) is 1.58. The molecule has 2 aromatic rings. The van der Waals surface area contributed by atoms with Gasteiger partial charge < -0.3 is 5.32 Å². The van der Waals surface area contributed by atoms with Crippen molar-refractivity contribution in [1.29, 1.82) is 0 Å². The average Bonchev–Trinajstić information content (AvgIpc) is 2.45. The minimum atomic E-state index is -0.539. The van der Waals surface area contributed by atoms with Crippen LogP contribution >= 0.6 is 51.3 Å². The maximum Gasteiger partial charge on any atom is 0.258 e. The van der Waals surface area contributed by atoms with Crippen LogP contribution in [0.2, 0.25) is 10.0 Å². The molecular formula is C14H8BrCl2FN2OS. The third kappa shape index (κ3) is 4.39. The second kappa shape index (κ2) is 7.37. The quantitative estimate of drug-likeness (QED) is 0.668. The second-order valence-electron chi connectivity index (χ2n) is 4.16. The average molecular weight is 422 g/mol. The topological polar surface area (TPSA) is 41.1 Å². The van der Waals surface area contributed by atoms with E-state index in [9.17, 15) is 9.18 Å². The van der Waals surface area contributed by atoms with Gasteiger partial charge in [-0.25, -0.2) is 4.39 Å². The van der Waals surface area contributed by atoms with Crippen LogP contribution in [-0.4, -0.2) is 11.0 Å². The molecular weight excluding hydrogens is 414 g/mol. The summed E-state index contributed by atoms with van der Waals surface area (Å²) in [6.07, 6.45) is 0. The molecule has 8 heteroatoms. The molecule has 0 aliphatic heterocycles. The summed E-state index contributed by atoms with van der Waals surface area (Å²) in [5.41, 5.74) is 0.731. The highest BCUT2D eigenvalue weighted by Gasteiger charge is 2.12. The number of hydrogen-bond acceptors (Lipinski definition) is 2. The van der Waals surface area contributed by atoms with Crippen molar-refractivity contribution in [2.45, 2.75) is 0 Å². The zero-order valence-electron chi connectivity index (χ0n) is 10.8. The zero-order valence-corrected chi connectivity index (χ0v) is 14.7. The van der Waals surface area contributed by atoms with E-state index in [2.05, 4.69) is 26.6 Å². The van der Waals surface area contributed by atoms with Crippen molar-refractivity contribution in [1.82, 2.24) is 5.32 Å². The maximum atomic E-state index is 13.1. The van der Waals surface area contributed by atoms with Gasteiger partial charge >= 0.3 is 0 Å². The molecule has 0 atom stereocenters. The third-order valence-corrected chi connectivity index (χ3v) is 3.89. The van der Waals surface area contributed by atoms with Crippen LogP contribution in [0.4, 0.5) is 10.1 Å². The zero-order chi connectivity index (χ0) is 16.3. The lowest BCUT2D eigenvalue weighted by atomic mass is 10.2. The van der Waals surface area contributed by atoms with Gasteiger partial charge in [0.2, 0.25) is 0 Å². The Morgan fingerprint density at radius 1 is 1.14 bits per heavy atom. The number of hydrogen-bond donors (Lipinski definition) is 2. The van der Waals surface area contributed by atoms with Gasteiger partial charge in [0.05, 0.1) is 15.6 Å². The van der Waals surface area contributed by atoms with Crippen molar-refractivity contribution < 1.29 is 9.18 Å². The first-order valence-corrected chi connectivity index (χ1v) is 7.85. The van der Waals surface area contributed by atoms with Gasteiger partial charge in [0, 0.05) is 10.2 Å². The molecule has 2 aromatic carbocycles. The van der Waals surface area contributed by atoms with E-state index in [1.165, 1.54) is 18.2 Å². The first-order valence-electron chi connectivity index (χ1n) is 5.89. The fraction of sp³-hybridized carbons (Fsp3) is 0. The molecule has 0 aromatic heterocycles. The Morgan fingerprint density at radius 3 is 2.55 bits per heavy atom. The molecule has 1 amide bonds. The Hall–Kier alpha value is -1.21. The maximum absolute atomic E-state index is 13.1. The lowest BCUT2D eigenvalue weighted by Crippen LogP contribution is -2.34. The van der Waals surface area contributed by atoms with E-state index in [-0.39, 0.29) is 15.7 Å². The largest absolute Gasteiger partial charge is 0.332 e. The molecule has 0 saturated carbocycles. The molecule has 0 spiro atoms. The number of nitrogens with one attached hydrogen (secondary N) is 2. The van der Waals surface area contributed by atoms with Gasteiger partial charge in [-0.05, 0) is 48.6 Å². The molecule has 0 fully saturated rings. The first kappa shape index (κ1) is 17.1. The summed E-state index contributed by atoms with van der Waals surface area (Å²) in [6, 6.07) is 8.90. The van der Waals surface area contributed by atoms with Crippen LogP contribution in [0.5, 0.6) is 0 Å². The van der Waals surface area contributed by atoms with Crippen LogP contribution in [0.25, 0.3) is 0 Å². The monoisotopic (exact) mass is 420 g/mol. The highest BCUT2D eigenvalue weighted by Crippen LogP contribution is 2.21. The van der Waals surface area contributed by atoms with Gasteiger partial charge in [-0.1, -0.05) is 39.1 Å². The van der Waals surface area contributed by atoms with Crippen molar-refractivity contribution in [3.63, 3.8) is 0 Å². The summed E-state index contributed by atoms with van der Waals surface area (Å²) in [5.74, 6) is -1.000. The van der Waals surface area contributed by atoms with Gasteiger partial charge in [0.1, 0.15) is 5.82 Å². The van der Waals surface area contributed by atoms with E-state index in [0.717, 1.165) is 0 Å². The molecule has 2 N–H and O–H groups in total. The van der Waals surface area contributed by atoms with Gasteiger partial charge in [-0.3, -0.25) is 10.1 Å². The van der Waals surface area contributed by atoms with E-state index < -0.39 is 11.7 Å². The normalized spacial score (nSPS) is 10.2. The number of carbonyl (C=O) groups excluding carboxylic acids is 1. The molecule has 0 unspecified atom stereocenters. The number of halogens is 4. The van der Waals surface area contributed by atoms with Crippen molar-refractivity contribution in [2.75, 3.05) is 5.32 Å². The molecule has 3 nitrogen and oxygen atoms in total. The lowest BCUT2D eigenvalue weighted by Gasteiger charge is -2.11. The molecule has 0 aliphatic rings. The summed E-state index contributed by atoms with van der Waals surface area (Å²) in [6.45, 7) is 0. The third-order valence-electron chi connectivity index (χ3n) is 2.58. The standard InChI is InChI=1S/C14H8BrCl2FN2OS/c15-7-1-3-10(16)9(5-7)13(21)20-14(22)19-8-2-4-12(18)11(17)6-8/h1-6H,(H2,19,20,21,22). The SMILES string of the molecule is O=C(NC(=S)Nc1ccc(F)c(Cl)c1)c1cc(Br)ccc1Cl. The van der Waals surface area contributed by atoms with Gasteiger partial charge in [-0.15, -0.1) is 0 Å². The molecule has 0 bridgehead atoms. The Balaban J connectivity index is 2.06. The number of anilines is 1. The smallest absolute Gasteiger partial charge is 0.258 e. The van der Waals surface area contributed by atoms with Crippen molar-refractivity contribution in [3.8, 4) is 0 Å². The van der Waals surface area contributed by atoms with Crippen molar-refractivity contribution >= 4 is 68.1 Å². The van der Waals surface area contributed by atoms with Crippen LogP contribution < -0.4 is 10.6 Å². The number of carbonyl (C=O) groups is 1. The number of rotatable bonds is 2. The lowest BCUT2D eigenvalue weighted by molar-refractivity contribution is 0.0978. The predicted molar refractivity (Wildman–Crippen MR) is 94.2 cm³/mol. The van der Waals surface area contributed by atoms with Crippen LogP contribution in [0, 0.1) is 5.82 Å². The molecule has 0 heterocycles. The van der Waals surface area contributed by atoms with E-state index in [0.29, 0.717) is 15.2 Å². The summed E-state index contributed by atoms with van der Waals surface area (Å²) in [4.78, 5) is 12.1. The Kier molecular flexibility index (Phi) is 5.74. The van der Waals surface area contributed by atoms with Gasteiger partial charge in [0.15, 0.2) is 5.11 Å². The summed E-state index contributed by atoms with van der Waals surface area (Å²) >= 11 is 19.9. The van der Waals surface area contributed by atoms with Gasteiger partial charge in [0.25, 0.3) is 5.91 Å². The van der Waals surface area contributed by atoms with Crippen LogP contribution in [-0.2, 0) is 0 Å². The minimum Gasteiger partial charge on any atom is -0.332 e. The van der Waals surface area contributed by atoms with Crippen LogP contribution in [0.3, 0.4) is 0 Å². The van der Waals surface area contributed by atoms with E-state index in [1.54, 1.807) is 18.2 Å². The fourth-order valence-corrected chi connectivity index (χ4v) is 2.53. The van der Waals surface area contributed by atoms with E-state index >= 15 is 0 Å². The van der Waals surface area contributed by atoms with E-state index in [1.807, 2.05) is 0 Å². The van der Waals surface area contributed by atoms with Crippen molar-refractivity contribution in [2.24, 2.45) is 0 Å². The molecule has 114 valence electrons. The number of amides is 1. The van der Waals surface area contributed by atoms with Crippen LogP contribution in [0.15, 0.2) is 40.9 Å². The minimum absolute atomic E-state index is 0.0451. The molecule has 0 radical (unpaired) electrons. The Bertz CT molecular complexity index is 758. The number of benzene rings is 2. The van der Waals surface area contributed by atoms with Crippen LogP contribution in [0.1, 0.15) is 10.4 Å². The molecule has 0 saturated heterocycles. The molecule has 22 heavy (non-hydrogen) atoms. The summed E-state index contributed by atoms with van der Waals surface area (Å²) in [5, 5.41) is 5.52. The number of thiocarbonyl (C=S) groups is 1. The Labute approximate surface area is 149 Å². The van der Waals surface area contributed by atoms with E-state index in [4.69, 9.17) is 35.4 Å². The van der Waals surface area contributed by atoms with Crippen molar-refractivity contribution in [3.05, 3.63) is 62.3 Å².